The number of methoxy groups -OCH3 is 1. The number of piperazine rings is 1. The van der Waals surface area contributed by atoms with Crippen molar-refractivity contribution in [2.45, 2.75) is 25.9 Å². The fourth-order valence-corrected chi connectivity index (χ4v) is 3.70. The Morgan fingerprint density at radius 3 is 2.25 bits per heavy atom. The van der Waals surface area contributed by atoms with E-state index in [4.69, 9.17) is 9.47 Å². The number of quaternary nitrogens is 1. The summed E-state index contributed by atoms with van der Waals surface area (Å²) in [5, 5.41) is 10.4. The Labute approximate surface area is 168 Å². The molecule has 28 heavy (non-hydrogen) atoms. The highest BCUT2D eigenvalue weighted by Crippen LogP contribution is 2.19. The molecule has 0 radical (unpaired) electrons. The van der Waals surface area contributed by atoms with Gasteiger partial charge in [0.15, 0.2) is 0 Å². The van der Waals surface area contributed by atoms with Crippen LogP contribution in [0.25, 0.3) is 0 Å². The van der Waals surface area contributed by atoms with Crippen molar-refractivity contribution in [3.05, 3.63) is 54.1 Å². The zero-order valence-corrected chi connectivity index (χ0v) is 17.1. The van der Waals surface area contributed by atoms with Crippen LogP contribution in [0.5, 0.6) is 11.5 Å². The summed E-state index contributed by atoms with van der Waals surface area (Å²) in [7, 11) is 1.69. The van der Waals surface area contributed by atoms with E-state index < -0.39 is 6.10 Å². The van der Waals surface area contributed by atoms with Crippen LogP contribution >= 0.6 is 0 Å². The Morgan fingerprint density at radius 2 is 1.64 bits per heavy atom. The molecular formula is C23H33N2O3+. The zero-order valence-electron chi connectivity index (χ0n) is 17.1. The quantitative estimate of drug-likeness (QED) is 0.691. The van der Waals surface area contributed by atoms with Crippen LogP contribution in [-0.4, -0.2) is 57.7 Å². The molecule has 0 aliphatic carbocycles. The SMILES string of the molecule is CCCc1ccc(OC[C@@H](O)C[NH+]2CCN(c3ccc(OC)cc3)CC2)cc1. The molecule has 0 aromatic heterocycles. The molecule has 1 aliphatic rings. The molecule has 1 atom stereocenters. The minimum Gasteiger partial charge on any atom is -0.497 e. The van der Waals surface area contributed by atoms with Crippen LogP contribution in [-0.2, 0) is 6.42 Å². The first-order valence-electron chi connectivity index (χ1n) is 10.3. The summed E-state index contributed by atoms with van der Waals surface area (Å²) in [5.74, 6) is 1.72. The van der Waals surface area contributed by atoms with E-state index in [1.54, 1.807) is 7.11 Å². The molecule has 0 unspecified atom stereocenters. The van der Waals surface area contributed by atoms with Crippen molar-refractivity contribution in [1.82, 2.24) is 0 Å². The summed E-state index contributed by atoms with van der Waals surface area (Å²) in [6.07, 6.45) is 1.79. The molecule has 5 heteroatoms. The molecule has 3 rings (SSSR count). The number of aliphatic hydroxyl groups excluding tert-OH is 1. The van der Waals surface area contributed by atoms with E-state index >= 15 is 0 Å². The predicted molar refractivity (Wildman–Crippen MR) is 113 cm³/mol. The zero-order chi connectivity index (χ0) is 19.8. The van der Waals surface area contributed by atoms with Gasteiger partial charge in [0, 0.05) is 5.69 Å². The molecule has 0 spiro atoms. The van der Waals surface area contributed by atoms with E-state index in [1.807, 2.05) is 24.3 Å². The number of nitrogens with zero attached hydrogens (tertiary/aromatic N) is 1. The number of anilines is 1. The molecule has 0 bridgehead atoms. The smallest absolute Gasteiger partial charge is 0.137 e. The monoisotopic (exact) mass is 385 g/mol. The van der Waals surface area contributed by atoms with Crippen molar-refractivity contribution in [2.24, 2.45) is 0 Å². The van der Waals surface area contributed by atoms with Gasteiger partial charge < -0.3 is 24.4 Å². The van der Waals surface area contributed by atoms with Crippen molar-refractivity contribution in [3.8, 4) is 11.5 Å². The maximum Gasteiger partial charge on any atom is 0.137 e. The average molecular weight is 386 g/mol. The fourth-order valence-electron chi connectivity index (χ4n) is 3.70. The molecule has 152 valence electrons. The first-order valence-corrected chi connectivity index (χ1v) is 10.3. The number of benzene rings is 2. The molecule has 1 saturated heterocycles. The van der Waals surface area contributed by atoms with Crippen LogP contribution in [0.1, 0.15) is 18.9 Å². The lowest BCUT2D eigenvalue weighted by molar-refractivity contribution is -0.903. The van der Waals surface area contributed by atoms with E-state index in [0.717, 1.165) is 57.1 Å². The molecule has 1 fully saturated rings. The minimum absolute atomic E-state index is 0.346. The van der Waals surface area contributed by atoms with Gasteiger partial charge in [-0.2, -0.15) is 0 Å². The Hall–Kier alpha value is -2.24. The van der Waals surface area contributed by atoms with Crippen LogP contribution in [0.15, 0.2) is 48.5 Å². The highest BCUT2D eigenvalue weighted by Gasteiger charge is 2.23. The minimum atomic E-state index is -0.446. The number of hydrogen-bond acceptors (Lipinski definition) is 4. The second-order valence-electron chi connectivity index (χ2n) is 7.50. The van der Waals surface area contributed by atoms with Gasteiger partial charge in [-0.25, -0.2) is 0 Å². The van der Waals surface area contributed by atoms with Crippen molar-refractivity contribution >= 4 is 5.69 Å². The predicted octanol–water partition coefficient (Wildman–Crippen LogP) is 1.79. The average Bonchev–Trinajstić information content (AvgIpc) is 2.74. The van der Waals surface area contributed by atoms with E-state index in [-0.39, 0.29) is 0 Å². The van der Waals surface area contributed by atoms with Crippen molar-refractivity contribution < 1.29 is 19.5 Å². The van der Waals surface area contributed by atoms with Gasteiger partial charge in [0.25, 0.3) is 0 Å². The molecule has 0 amide bonds. The number of nitrogens with one attached hydrogen (secondary N) is 1. The summed E-state index contributed by atoms with van der Waals surface area (Å²) in [6.45, 7) is 7.29. The third-order valence-corrected chi connectivity index (χ3v) is 5.34. The lowest BCUT2D eigenvalue weighted by Crippen LogP contribution is -3.16. The van der Waals surface area contributed by atoms with E-state index in [9.17, 15) is 5.11 Å². The molecule has 1 aliphatic heterocycles. The Morgan fingerprint density at radius 1 is 1.00 bits per heavy atom. The maximum absolute atomic E-state index is 10.4. The van der Waals surface area contributed by atoms with Crippen LogP contribution in [0.4, 0.5) is 5.69 Å². The second kappa shape index (κ2) is 10.3. The maximum atomic E-state index is 10.4. The van der Waals surface area contributed by atoms with Gasteiger partial charge in [-0.05, 0) is 48.4 Å². The number of rotatable bonds is 9. The number of ether oxygens (including phenoxy) is 2. The highest BCUT2D eigenvalue weighted by atomic mass is 16.5. The summed E-state index contributed by atoms with van der Waals surface area (Å²) < 4.78 is 11.0. The van der Waals surface area contributed by atoms with Gasteiger partial charge in [0.05, 0.1) is 33.3 Å². The number of aryl methyl sites for hydroxylation is 1. The molecular weight excluding hydrogens is 352 g/mol. The van der Waals surface area contributed by atoms with E-state index in [2.05, 4.69) is 36.1 Å². The van der Waals surface area contributed by atoms with Gasteiger partial charge >= 0.3 is 0 Å². The van der Waals surface area contributed by atoms with Gasteiger partial charge in [-0.1, -0.05) is 25.5 Å². The van der Waals surface area contributed by atoms with Gasteiger partial charge in [-0.15, -0.1) is 0 Å². The molecule has 2 aromatic rings. The standard InChI is InChI=1S/C23H32N2O3/c1-3-4-19-5-9-23(10-6-19)28-18-21(26)17-24-13-15-25(16-14-24)20-7-11-22(27-2)12-8-20/h5-12,21,26H,3-4,13-18H2,1-2H3/p+1/t21-/m0/s1. The van der Waals surface area contributed by atoms with Crippen molar-refractivity contribution in [3.63, 3.8) is 0 Å². The molecule has 0 saturated carbocycles. The van der Waals surface area contributed by atoms with Crippen LogP contribution in [0.3, 0.4) is 0 Å². The van der Waals surface area contributed by atoms with Crippen LogP contribution < -0.4 is 19.3 Å². The molecule has 1 heterocycles. The number of aliphatic hydroxyl groups is 1. The Balaban J connectivity index is 1.38. The van der Waals surface area contributed by atoms with Gasteiger partial charge in [0.1, 0.15) is 30.8 Å². The third-order valence-electron chi connectivity index (χ3n) is 5.34. The summed E-state index contributed by atoms with van der Waals surface area (Å²) in [5.41, 5.74) is 2.56. The highest BCUT2D eigenvalue weighted by molar-refractivity contribution is 5.49. The van der Waals surface area contributed by atoms with Gasteiger partial charge in [0.2, 0.25) is 0 Å². The molecule has 2 N–H and O–H groups in total. The normalized spacial score (nSPS) is 16.0. The largest absolute Gasteiger partial charge is 0.497 e. The lowest BCUT2D eigenvalue weighted by atomic mass is 10.1. The van der Waals surface area contributed by atoms with Crippen LogP contribution in [0, 0.1) is 0 Å². The van der Waals surface area contributed by atoms with E-state index in [0.29, 0.717) is 6.61 Å². The lowest BCUT2D eigenvalue weighted by Gasteiger charge is -2.34. The summed E-state index contributed by atoms with van der Waals surface area (Å²) in [6, 6.07) is 16.4. The third kappa shape index (κ3) is 5.88. The van der Waals surface area contributed by atoms with Crippen LogP contribution in [0.2, 0.25) is 0 Å². The first-order chi connectivity index (χ1) is 13.7. The topological polar surface area (TPSA) is 46.4 Å². The molecule has 2 aromatic carbocycles. The second-order valence-corrected chi connectivity index (χ2v) is 7.50. The Kier molecular flexibility index (Phi) is 7.57. The van der Waals surface area contributed by atoms with Gasteiger partial charge in [-0.3, -0.25) is 0 Å². The summed E-state index contributed by atoms with van der Waals surface area (Å²) >= 11 is 0. The van der Waals surface area contributed by atoms with Crippen molar-refractivity contribution in [2.75, 3.05) is 51.3 Å². The first kappa shape index (κ1) is 20.5. The van der Waals surface area contributed by atoms with Crippen molar-refractivity contribution in [1.29, 1.82) is 0 Å². The Bertz CT molecular complexity index is 695. The fraction of sp³-hybridized carbons (Fsp3) is 0.478. The number of hydrogen-bond donors (Lipinski definition) is 2. The molecule has 5 nitrogen and oxygen atoms in total. The van der Waals surface area contributed by atoms with E-state index in [1.165, 1.54) is 16.2 Å². The summed E-state index contributed by atoms with van der Waals surface area (Å²) in [4.78, 5) is 3.82.